The Labute approximate surface area is 128 Å². The fourth-order valence-corrected chi connectivity index (χ4v) is 2.72. The van der Waals surface area contributed by atoms with Crippen LogP contribution in [0.25, 0.3) is 0 Å². The summed E-state index contributed by atoms with van der Waals surface area (Å²) < 4.78 is 10.6. The van der Waals surface area contributed by atoms with Gasteiger partial charge >= 0.3 is 0 Å². The Kier molecular flexibility index (Phi) is 3.94. The van der Waals surface area contributed by atoms with Crippen molar-refractivity contribution in [1.82, 2.24) is 9.80 Å². The first kappa shape index (κ1) is 14.1. The summed E-state index contributed by atoms with van der Waals surface area (Å²) in [6.07, 6.45) is 0. The van der Waals surface area contributed by atoms with Crippen molar-refractivity contribution in [2.45, 2.75) is 0 Å². The Morgan fingerprint density at radius 3 is 2.62 bits per heavy atom. The molecule has 1 saturated heterocycles. The summed E-state index contributed by atoms with van der Waals surface area (Å²) >= 11 is 4.91. The van der Waals surface area contributed by atoms with E-state index in [1.165, 1.54) is 0 Å². The van der Waals surface area contributed by atoms with Gasteiger partial charge in [-0.05, 0) is 18.2 Å². The average Bonchev–Trinajstić information content (AvgIpc) is 2.94. The van der Waals surface area contributed by atoms with E-state index in [-0.39, 0.29) is 12.7 Å². The minimum atomic E-state index is 0.0169. The van der Waals surface area contributed by atoms with Crippen molar-refractivity contribution in [3.63, 3.8) is 0 Å². The third kappa shape index (κ3) is 3.08. The van der Waals surface area contributed by atoms with Crippen LogP contribution in [0.2, 0.25) is 0 Å². The van der Waals surface area contributed by atoms with E-state index in [4.69, 9.17) is 27.4 Å². The molecule has 0 atom stereocenters. The highest BCUT2D eigenvalue weighted by molar-refractivity contribution is 7.80. The minimum Gasteiger partial charge on any atom is -0.454 e. The van der Waals surface area contributed by atoms with Gasteiger partial charge in [-0.1, -0.05) is 12.2 Å². The first-order chi connectivity index (χ1) is 10.1. The molecule has 2 aliphatic heterocycles. The van der Waals surface area contributed by atoms with E-state index >= 15 is 0 Å². The van der Waals surface area contributed by atoms with Gasteiger partial charge in [-0.3, -0.25) is 9.69 Å². The molecule has 1 fully saturated rings. The zero-order valence-corrected chi connectivity index (χ0v) is 12.4. The van der Waals surface area contributed by atoms with E-state index in [1.54, 1.807) is 18.2 Å². The van der Waals surface area contributed by atoms with Gasteiger partial charge in [0, 0.05) is 38.3 Å². The Bertz CT molecular complexity index is 571. The number of amides is 1. The zero-order valence-electron chi connectivity index (χ0n) is 11.6. The molecule has 0 unspecified atom stereocenters. The van der Waals surface area contributed by atoms with E-state index in [0.29, 0.717) is 41.7 Å². The first-order valence-corrected chi connectivity index (χ1v) is 7.24. The van der Waals surface area contributed by atoms with Crippen LogP contribution >= 0.6 is 12.2 Å². The summed E-state index contributed by atoms with van der Waals surface area (Å²) in [6.45, 7) is 3.75. The standard InChI is InChI=1S/C14H17N3O3S/c15-13(21)8-16-3-5-17(6-4-16)14(18)10-1-2-11-12(7-10)20-9-19-11/h1-2,7H,3-6,8-9H2,(H2,15,21). The lowest BCUT2D eigenvalue weighted by atomic mass is 10.1. The molecular formula is C14H17N3O3S. The van der Waals surface area contributed by atoms with Gasteiger partial charge in [0.2, 0.25) is 6.79 Å². The fraction of sp³-hybridized carbons (Fsp3) is 0.429. The van der Waals surface area contributed by atoms with Crippen LogP contribution < -0.4 is 15.2 Å². The Morgan fingerprint density at radius 2 is 1.90 bits per heavy atom. The molecule has 0 spiro atoms. The molecule has 6 nitrogen and oxygen atoms in total. The molecule has 21 heavy (non-hydrogen) atoms. The molecular weight excluding hydrogens is 290 g/mol. The van der Waals surface area contributed by atoms with Gasteiger partial charge < -0.3 is 20.1 Å². The van der Waals surface area contributed by atoms with Crippen molar-refractivity contribution in [3.8, 4) is 11.5 Å². The molecule has 0 aromatic heterocycles. The zero-order chi connectivity index (χ0) is 14.8. The maximum atomic E-state index is 12.5. The molecule has 1 aromatic carbocycles. The third-order valence-electron chi connectivity index (χ3n) is 3.66. The summed E-state index contributed by atoms with van der Waals surface area (Å²) in [5.41, 5.74) is 6.17. The molecule has 3 rings (SSSR count). The van der Waals surface area contributed by atoms with E-state index in [2.05, 4.69) is 4.90 Å². The van der Waals surface area contributed by atoms with Crippen molar-refractivity contribution in [3.05, 3.63) is 23.8 Å². The molecule has 1 aromatic rings. The van der Waals surface area contributed by atoms with Crippen LogP contribution in [-0.2, 0) is 0 Å². The lowest BCUT2D eigenvalue weighted by Gasteiger charge is -2.34. The molecule has 0 aliphatic carbocycles. The number of piperazine rings is 1. The van der Waals surface area contributed by atoms with Crippen LogP contribution in [-0.4, -0.2) is 60.2 Å². The minimum absolute atomic E-state index is 0.0169. The monoisotopic (exact) mass is 307 g/mol. The van der Waals surface area contributed by atoms with Crippen LogP contribution in [0.15, 0.2) is 18.2 Å². The van der Waals surface area contributed by atoms with Crippen molar-refractivity contribution < 1.29 is 14.3 Å². The summed E-state index contributed by atoms with van der Waals surface area (Å²) in [5.74, 6) is 1.34. The summed E-state index contributed by atoms with van der Waals surface area (Å²) in [6, 6.07) is 5.29. The number of thiocarbonyl (C=S) groups is 1. The lowest BCUT2D eigenvalue weighted by molar-refractivity contribution is 0.0654. The normalized spacial score (nSPS) is 17.8. The van der Waals surface area contributed by atoms with Gasteiger partial charge in [-0.15, -0.1) is 0 Å². The number of carbonyl (C=O) groups is 1. The number of benzene rings is 1. The van der Waals surface area contributed by atoms with Crippen molar-refractivity contribution in [1.29, 1.82) is 0 Å². The molecule has 0 bridgehead atoms. The van der Waals surface area contributed by atoms with Crippen LogP contribution in [0.4, 0.5) is 0 Å². The second-order valence-electron chi connectivity index (χ2n) is 5.10. The van der Waals surface area contributed by atoms with Crippen LogP contribution in [0.5, 0.6) is 11.5 Å². The van der Waals surface area contributed by atoms with Crippen LogP contribution in [0.3, 0.4) is 0 Å². The fourth-order valence-electron chi connectivity index (χ4n) is 2.54. The second kappa shape index (κ2) is 5.87. The number of nitrogens with two attached hydrogens (primary N) is 1. The predicted molar refractivity (Wildman–Crippen MR) is 81.7 cm³/mol. The summed E-state index contributed by atoms with van der Waals surface area (Å²) in [5, 5.41) is 0. The van der Waals surface area contributed by atoms with E-state index in [9.17, 15) is 4.79 Å². The number of hydrogen-bond donors (Lipinski definition) is 1. The Morgan fingerprint density at radius 1 is 1.19 bits per heavy atom. The largest absolute Gasteiger partial charge is 0.454 e. The Balaban J connectivity index is 1.63. The molecule has 2 heterocycles. The third-order valence-corrected chi connectivity index (χ3v) is 3.79. The highest BCUT2D eigenvalue weighted by Crippen LogP contribution is 2.32. The van der Waals surface area contributed by atoms with Gasteiger partial charge in [-0.2, -0.15) is 0 Å². The number of nitrogens with zero attached hydrogens (tertiary/aromatic N) is 2. The van der Waals surface area contributed by atoms with Crippen molar-refractivity contribution in [2.24, 2.45) is 5.73 Å². The first-order valence-electron chi connectivity index (χ1n) is 6.83. The molecule has 2 aliphatic rings. The molecule has 1 amide bonds. The number of fused-ring (bicyclic) bond motifs is 1. The molecule has 112 valence electrons. The predicted octanol–water partition coefficient (Wildman–Crippen LogP) is 0.459. The lowest BCUT2D eigenvalue weighted by Crippen LogP contribution is -2.50. The van der Waals surface area contributed by atoms with Crippen LogP contribution in [0.1, 0.15) is 10.4 Å². The van der Waals surface area contributed by atoms with E-state index < -0.39 is 0 Å². The Hall–Kier alpha value is -1.86. The topological polar surface area (TPSA) is 68.0 Å². The highest BCUT2D eigenvalue weighted by Gasteiger charge is 2.24. The van der Waals surface area contributed by atoms with Crippen molar-refractivity contribution in [2.75, 3.05) is 39.5 Å². The van der Waals surface area contributed by atoms with Gasteiger partial charge in [0.15, 0.2) is 11.5 Å². The number of ether oxygens (including phenoxy) is 2. The summed E-state index contributed by atoms with van der Waals surface area (Å²) in [4.78, 5) is 17.0. The van der Waals surface area contributed by atoms with Gasteiger partial charge in [0.05, 0.1) is 4.99 Å². The molecule has 0 saturated carbocycles. The quantitative estimate of drug-likeness (QED) is 0.818. The van der Waals surface area contributed by atoms with Crippen LogP contribution in [0, 0.1) is 0 Å². The van der Waals surface area contributed by atoms with Gasteiger partial charge in [0.1, 0.15) is 0 Å². The number of rotatable bonds is 3. The van der Waals surface area contributed by atoms with E-state index in [1.807, 2.05) is 4.90 Å². The smallest absolute Gasteiger partial charge is 0.254 e. The summed E-state index contributed by atoms with van der Waals surface area (Å²) in [7, 11) is 0. The average molecular weight is 307 g/mol. The maximum absolute atomic E-state index is 12.5. The SMILES string of the molecule is NC(=S)CN1CCN(C(=O)c2ccc3c(c2)OCO3)CC1. The molecule has 2 N–H and O–H groups in total. The molecule has 7 heteroatoms. The number of carbonyl (C=O) groups excluding carboxylic acids is 1. The van der Waals surface area contributed by atoms with Gasteiger partial charge in [0.25, 0.3) is 5.91 Å². The maximum Gasteiger partial charge on any atom is 0.254 e. The number of hydrogen-bond acceptors (Lipinski definition) is 5. The molecule has 0 radical (unpaired) electrons. The highest BCUT2D eigenvalue weighted by atomic mass is 32.1. The second-order valence-corrected chi connectivity index (χ2v) is 5.63. The van der Waals surface area contributed by atoms with Gasteiger partial charge in [-0.25, -0.2) is 0 Å². The van der Waals surface area contributed by atoms with E-state index in [0.717, 1.165) is 13.1 Å². The van der Waals surface area contributed by atoms with Crippen molar-refractivity contribution >= 4 is 23.1 Å².